The largest absolute Gasteiger partial charge is 0.497 e. The Morgan fingerprint density at radius 3 is 2.58 bits per heavy atom. The first-order valence-electron chi connectivity index (χ1n) is 8.00. The molecule has 0 unspecified atom stereocenters. The van der Waals surface area contributed by atoms with Crippen LogP contribution in [0.5, 0.6) is 11.5 Å². The van der Waals surface area contributed by atoms with Gasteiger partial charge in [0.2, 0.25) is 0 Å². The van der Waals surface area contributed by atoms with Crippen LogP contribution in [0, 0.1) is 10.5 Å². The van der Waals surface area contributed by atoms with E-state index < -0.39 is 0 Å². The van der Waals surface area contributed by atoms with Gasteiger partial charge in [-0.25, -0.2) is 5.43 Å². The van der Waals surface area contributed by atoms with E-state index in [-0.39, 0.29) is 12.5 Å². The lowest BCUT2D eigenvalue weighted by Gasteiger charge is -2.11. The number of hydrogen-bond donors (Lipinski definition) is 2. The minimum atomic E-state index is -0.227. The lowest BCUT2D eigenvalue weighted by atomic mass is 10.1. The van der Waals surface area contributed by atoms with E-state index in [1.807, 2.05) is 31.2 Å². The van der Waals surface area contributed by atoms with Gasteiger partial charge < -0.3 is 14.8 Å². The van der Waals surface area contributed by atoms with Crippen molar-refractivity contribution in [3.63, 3.8) is 0 Å². The van der Waals surface area contributed by atoms with Gasteiger partial charge in [0.15, 0.2) is 0 Å². The van der Waals surface area contributed by atoms with Crippen molar-refractivity contribution >= 4 is 39.9 Å². The molecule has 0 spiro atoms. The molecule has 2 aromatic carbocycles. The molecule has 0 radical (unpaired) electrons. The SMILES string of the molecule is COc1ccc(/C(C)=N\NC(=O)CNc2ccc(I)cc2C)c(OC)c1. The van der Waals surface area contributed by atoms with Crippen molar-refractivity contribution in [2.75, 3.05) is 26.1 Å². The summed E-state index contributed by atoms with van der Waals surface area (Å²) in [5.74, 6) is 1.10. The van der Waals surface area contributed by atoms with Gasteiger partial charge in [0.1, 0.15) is 11.5 Å². The molecular formula is C19H22IN3O3. The molecule has 0 bridgehead atoms. The number of methoxy groups -OCH3 is 2. The standard InChI is InChI=1S/C19H22IN3O3/c1-12-9-14(20)5-8-17(12)21-11-19(24)23-22-13(2)16-7-6-15(25-3)10-18(16)26-4/h5-10,21H,11H2,1-4H3,(H,23,24)/b22-13-. The number of aryl methyl sites for hydroxylation is 1. The van der Waals surface area contributed by atoms with Gasteiger partial charge in [0, 0.05) is 20.9 Å². The van der Waals surface area contributed by atoms with Crippen LogP contribution in [-0.4, -0.2) is 32.4 Å². The number of halogens is 1. The summed E-state index contributed by atoms with van der Waals surface area (Å²) >= 11 is 2.26. The Hall–Kier alpha value is -2.29. The number of hydrogen-bond acceptors (Lipinski definition) is 5. The molecule has 6 nitrogen and oxygen atoms in total. The summed E-state index contributed by atoms with van der Waals surface area (Å²) in [6.45, 7) is 3.94. The Bertz CT molecular complexity index is 822. The van der Waals surface area contributed by atoms with Crippen molar-refractivity contribution in [3.05, 3.63) is 51.1 Å². The zero-order valence-corrected chi connectivity index (χ0v) is 17.4. The van der Waals surface area contributed by atoms with Crippen molar-refractivity contribution in [3.8, 4) is 11.5 Å². The Morgan fingerprint density at radius 2 is 1.92 bits per heavy atom. The third kappa shape index (κ3) is 5.35. The highest BCUT2D eigenvalue weighted by atomic mass is 127. The van der Waals surface area contributed by atoms with Crippen LogP contribution < -0.4 is 20.2 Å². The summed E-state index contributed by atoms with van der Waals surface area (Å²) in [7, 11) is 3.18. The number of rotatable bonds is 7. The first-order valence-corrected chi connectivity index (χ1v) is 9.08. The van der Waals surface area contributed by atoms with Crippen LogP contribution in [0.4, 0.5) is 5.69 Å². The van der Waals surface area contributed by atoms with Crippen molar-refractivity contribution in [1.29, 1.82) is 0 Å². The third-order valence-electron chi connectivity index (χ3n) is 3.77. The summed E-state index contributed by atoms with van der Waals surface area (Å²) in [4.78, 5) is 12.1. The number of ether oxygens (including phenoxy) is 2. The topological polar surface area (TPSA) is 72.0 Å². The lowest BCUT2D eigenvalue weighted by Crippen LogP contribution is -2.27. The molecule has 0 saturated heterocycles. The van der Waals surface area contributed by atoms with Crippen LogP contribution >= 0.6 is 22.6 Å². The number of carbonyl (C=O) groups excluding carboxylic acids is 1. The molecule has 0 aliphatic rings. The van der Waals surface area contributed by atoms with E-state index in [0.29, 0.717) is 17.2 Å². The van der Waals surface area contributed by atoms with Gasteiger partial charge in [0.25, 0.3) is 5.91 Å². The molecule has 138 valence electrons. The minimum absolute atomic E-state index is 0.137. The predicted molar refractivity (Wildman–Crippen MR) is 112 cm³/mol. The van der Waals surface area contributed by atoms with Crippen molar-refractivity contribution in [2.24, 2.45) is 5.10 Å². The molecule has 1 amide bonds. The summed E-state index contributed by atoms with van der Waals surface area (Å²) in [6.07, 6.45) is 0. The number of hydrazone groups is 1. The van der Waals surface area contributed by atoms with Gasteiger partial charge in [-0.2, -0.15) is 5.10 Å². The molecule has 0 aliphatic heterocycles. The van der Waals surface area contributed by atoms with Crippen LogP contribution in [-0.2, 0) is 4.79 Å². The summed E-state index contributed by atoms with van der Waals surface area (Å²) in [5, 5.41) is 7.28. The van der Waals surface area contributed by atoms with E-state index in [1.54, 1.807) is 27.2 Å². The molecule has 0 saturated carbocycles. The van der Waals surface area contributed by atoms with E-state index in [9.17, 15) is 4.79 Å². The second-order valence-corrected chi connectivity index (χ2v) is 6.86. The van der Waals surface area contributed by atoms with Gasteiger partial charge >= 0.3 is 0 Å². The first-order chi connectivity index (χ1) is 12.4. The number of nitrogens with one attached hydrogen (secondary N) is 2. The number of carbonyl (C=O) groups is 1. The number of nitrogens with zero attached hydrogens (tertiary/aromatic N) is 1. The number of benzene rings is 2. The fourth-order valence-electron chi connectivity index (χ4n) is 2.34. The monoisotopic (exact) mass is 467 g/mol. The van der Waals surface area contributed by atoms with E-state index in [2.05, 4.69) is 44.5 Å². The van der Waals surface area contributed by atoms with Crippen LogP contribution in [0.15, 0.2) is 41.5 Å². The Kier molecular flexibility index (Phi) is 7.26. The maximum Gasteiger partial charge on any atom is 0.259 e. The fourth-order valence-corrected chi connectivity index (χ4v) is 2.99. The van der Waals surface area contributed by atoms with Crippen LogP contribution in [0.25, 0.3) is 0 Å². The van der Waals surface area contributed by atoms with Crippen molar-refractivity contribution < 1.29 is 14.3 Å². The molecule has 0 aliphatic carbocycles. The van der Waals surface area contributed by atoms with E-state index >= 15 is 0 Å². The van der Waals surface area contributed by atoms with Gasteiger partial charge in [-0.3, -0.25) is 4.79 Å². The normalized spacial score (nSPS) is 11.0. The highest BCUT2D eigenvalue weighted by Crippen LogP contribution is 2.25. The summed E-state index contributed by atoms with van der Waals surface area (Å²) in [5.41, 5.74) is 6.01. The zero-order chi connectivity index (χ0) is 19.1. The van der Waals surface area contributed by atoms with Crippen LogP contribution in [0.3, 0.4) is 0 Å². The molecule has 2 aromatic rings. The van der Waals surface area contributed by atoms with Crippen LogP contribution in [0.2, 0.25) is 0 Å². The van der Waals surface area contributed by atoms with E-state index in [4.69, 9.17) is 9.47 Å². The quantitative estimate of drug-likeness (QED) is 0.371. The van der Waals surface area contributed by atoms with Crippen molar-refractivity contribution in [2.45, 2.75) is 13.8 Å². The molecule has 2 N–H and O–H groups in total. The molecule has 0 atom stereocenters. The molecular weight excluding hydrogens is 445 g/mol. The molecule has 2 rings (SSSR count). The number of anilines is 1. The van der Waals surface area contributed by atoms with Gasteiger partial charge in [-0.05, 0) is 72.3 Å². The highest BCUT2D eigenvalue weighted by molar-refractivity contribution is 14.1. The second-order valence-electron chi connectivity index (χ2n) is 5.61. The molecule has 0 fully saturated rings. The summed E-state index contributed by atoms with van der Waals surface area (Å²) < 4.78 is 11.7. The Morgan fingerprint density at radius 1 is 1.15 bits per heavy atom. The molecule has 0 aromatic heterocycles. The van der Waals surface area contributed by atoms with E-state index in [0.717, 1.165) is 20.4 Å². The maximum absolute atomic E-state index is 12.1. The number of amides is 1. The Labute approximate surface area is 167 Å². The zero-order valence-electron chi connectivity index (χ0n) is 15.2. The Balaban J connectivity index is 1.98. The molecule has 26 heavy (non-hydrogen) atoms. The molecule has 0 heterocycles. The average Bonchev–Trinajstić information content (AvgIpc) is 2.64. The average molecular weight is 467 g/mol. The predicted octanol–water partition coefficient (Wildman–Crippen LogP) is 3.57. The highest BCUT2D eigenvalue weighted by Gasteiger charge is 2.09. The van der Waals surface area contributed by atoms with E-state index in [1.165, 1.54) is 0 Å². The first kappa shape index (κ1) is 20.0. The van der Waals surface area contributed by atoms with Gasteiger partial charge in [0.05, 0.1) is 26.5 Å². The summed E-state index contributed by atoms with van der Waals surface area (Å²) in [6, 6.07) is 11.4. The fraction of sp³-hybridized carbons (Fsp3) is 0.263. The van der Waals surface area contributed by atoms with Crippen molar-refractivity contribution in [1.82, 2.24) is 5.43 Å². The van der Waals surface area contributed by atoms with Gasteiger partial charge in [-0.15, -0.1) is 0 Å². The molecule has 7 heteroatoms. The lowest BCUT2D eigenvalue weighted by molar-refractivity contribution is -0.119. The van der Waals surface area contributed by atoms with Crippen LogP contribution in [0.1, 0.15) is 18.1 Å². The smallest absolute Gasteiger partial charge is 0.259 e. The second kappa shape index (κ2) is 9.42. The van der Waals surface area contributed by atoms with Gasteiger partial charge in [-0.1, -0.05) is 0 Å². The minimum Gasteiger partial charge on any atom is -0.497 e. The maximum atomic E-state index is 12.1. The third-order valence-corrected chi connectivity index (χ3v) is 4.45.